The highest BCUT2D eigenvalue weighted by atomic mass is 16.5. The zero-order valence-electron chi connectivity index (χ0n) is 18.9. The second-order valence-corrected chi connectivity index (χ2v) is 8.87. The lowest BCUT2D eigenvalue weighted by Crippen LogP contribution is -2.56. The van der Waals surface area contributed by atoms with Gasteiger partial charge < -0.3 is 19.9 Å². The molecule has 5 nitrogen and oxygen atoms in total. The molecule has 2 saturated heterocycles. The molecule has 0 unspecified atom stereocenters. The van der Waals surface area contributed by atoms with E-state index in [9.17, 15) is 4.79 Å². The molecule has 3 aromatic carbocycles. The SMILES string of the molecule is O=C1NCN(c2ccccc2)C12CCN(CCOC(c1ccccc1)c1ccccc1)CC2. The van der Waals surface area contributed by atoms with Crippen molar-refractivity contribution in [2.75, 3.05) is 37.8 Å². The normalized spacial score (nSPS) is 18.1. The van der Waals surface area contributed by atoms with Gasteiger partial charge >= 0.3 is 0 Å². The van der Waals surface area contributed by atoms with Crippen molar-refractivity contribution in [1.82, 2.24) is 10.2 Å². The Kier molecular flexibility index (Phi) is 6.42. The van der Waals surface area contributed by atoms with Crippen molar-refractivity contribution in [2.24, 2.45) is 0 Å². The largest absolute Gasteiger partial charge is 0.367 e. The summed E-state index contributed by atoms with van der Waals surface area (Å²) in [6.45, 7) is 3.87. The fourth-order valence-corrected chi connectivity index (χ4v) is 5.12. The van der Waals surface area contributed by atoms with E-state index in [1.54, 1.807) is 0 Å². The first-order chi connectivity index (χ1) is 16.3. The highest BCUT2D eigenvalue weighted by Gasteiger charge is 2.50. The Hall–Kier alpha value is -3.15. The van der Waals surface area contributed by atoms with Crippen LogP contribution in [-0.4, -0.2) is 49.3 Å². The molecule has 0 bridgehead atoms. The summed E-state index contributed by atoms with van der Waals surface area (Å²) in [6.07, 6.45) is 1.58. The maximum absolute atomic E-state index is 12.9. The maximum Gasteiger partial charge on any atom is 0.247 e. The van der Waals surface area contributed by atoms with E-state index in [4.69, 9.17) is 4.74 Å². The van der Waals surface area contributed by atoms with Crippen LogP contribution in [0.4, 0.5) is 5.69 Å². The molecule has 5 rings (SSSR count). The van der Waals surface area contributed by atoms with Crippen LogP contribution in [0.2, 0.25) is 0 Å². The van der Waals surface area contributed by atoms with Gasteiger partial charge in [-0.3, -0.25) is 4.79 Å². The summed E-state index contributed by atoms with van der Waals surface area (Å²) in [7, 11) is 0. The fraction of sp³-hybridized carbons (Fsp3) is 0.321. The van der Waals surface area contributed by atoms with Crippen LogP contribution in [-0.2, 0) is 9.53 Å². The van der Waals surface area contributed by atoms with Crippen molar-refractivity contribution in [3.63, 3.8) is 0 Å². The molecule has 1 amide bonds. The number of para-hydroxylation sites is 1. The Morgan fingerprint density at radius 1 is 0.818 bits per heavy atom. The molecule has 3 aromatic rings. The molecule has 2 aliphatic rings. The highest BCUT2D eigenvalue weighted by Crippen LogP contribution is 2.36. The smallest absolute Gasteiger partial charge is 0.247 e. The highest BCUT2D eigenvalue weighted by molar-refractivity contribution is 5.93. The molecule has 1 spiro atoms. The van der Waals surface area contributed by atoms with Crippen molar-refractivity contribution < 1.29 is 9.53 Å². The quantitative estimate of drug-likeness (QED) is 0.596. The van der Waals surface area contributed by atoms with E-state index in [0.717, 1.165) is 38.2 Å². The van der Waals surface area contributed by atoms with Gasteiger partial charge in [0.15, 0.2) is 0 Å². The molecule has 170 valence electrons. The van der Waals surface area contributed by atoms with E-state index in [1.807, 2.05) is 30.3 Å². The molecular weight excluding hydrogens is 410 g/mol. The minimum atomic E-state index is -0.435. The van der Waals surface area contributed by atoms with Crippen LogP contribution in [0.25, 0.3) is 0 Å². The number of nitrogens with zero attached hydrogens (tertiary/aromatic N) is 2. The number of carbonyl (C=O) groups is 1. The Morgan fingerprint density at radius 2 is 1.36 bits per heavy atom. The van der Waals surface area contributed by atoms with E-state index in [-0.39, 0.29) is 12.0 Å². The Balaban J connectivity index is 1.20. The molecular formula is C28H31N3O2. The number of benzene rings is 3. The molecule has 0 saturated carbocycles. The number of nitrogens with one attached hydrogen (secondary N) is 1. The summed E-state index contributed by atoms with van der Waals surface area (Å²) in [5, 5.41) is 3.08. The van der Waals surface area contributed by atoms with Crippen molar-refractivity contribution in [3.8, 4) is 0 Å². The summed E-state index contributed by atoms with van der Waals surface area (Å²) in [4.78, 5) is 17.5. The van der Waals surface area contributed by atoms with Gasteiger partial charge in [-0.1, -0.05) is 78.9 Å². The van der Waals surface area contributed by atoms with Gasteiger partial charge in [-0.05, 0) is 36.1 Å². The molecule has 2 fully saturated rings. The number of hydrogen-bond donors (Lipinski definition) is 1. The maximum atomic E-state index is 12.9. The third-order valence-electron chi connectivity index (χ3n) is 6.98. The number of ether oxygens (including phenoxy) is 1. The number of piperidine rings is 1. The lowest BCUT2D eigenvalue weighted by Gasteiger charge is -2.43. The molecule has 2 heterocycles. The van der Waals surface area contributed by atoms with Gasteiger partial charge in [0.2, 0.25) is 5.91 Å². The van der Waals surface area contributed by atoms with Crippen LogP contribution >= 0.6 is 0 Å². The van der Waals surface area contributed by atoms with Crippen molar-refractivity contribution in [3.05, 3.63) is 102 Å². The van der Waals surface area contributed by atoms with Crippen LogP contribution in [0, 0.1) is 0 Å². The topological polar surface area (TPSA) is 44.8 Å². The lowest BCUT2D eigenvalue weighted by atomic mass is 9.85. The molecule has 5 heteroatoms. The van der Waals surface area contributed by atoms with Gasteiger partial charge in [-0.15, -0.1) is 0 Å². The predicted octanol–water partition coefficient (Wildman–Crippen LogP) is 4.22. The molecule has 2 aliphatic heterocycles. The minimum Gasteiger partial charge on any atom is -0.367 e. The van der Waals surface area contributed by atoms with E-state index in [1.165, 1.54) is 11.1 Å². The van der Waals surface area contributed by atoms with E-state index in [2.05, 4.69) is 75.8 Å². The zero-order valence-corrected chi connectivity index (χ0v) is 18.9. The van der Waals surface area contributed by atoms with E-state index in [0.29, 0.717) is 13.3 Å². The monoisotopic (exact) mass is 441 g/mol. The number of carbonyl (C=O) groups excluding carboxylic acids is 1. The molecule has 0 atom stereocenters. The number of hydrogen-bond acceptors (Lipinski definition) is 4. The van der Waals surface area contributed by atoms with Crippen LogP contribution in [0.15, 0.2) is 91.0 Å². The Bertz CT molecular complexity index is 995. The third-order valence-corrected chi connectivity index (χ3v) is 6.98. The first-order valence-corrected chi connectivity index (χ1v) is 11.8. The second kappa shape index (κ2) is 9.77. The molecule has 0 aromatic heterocycles. The standard InChI is InChI=1S/C28H31N3O2/c32-27-28(31(22-29-27)25-14-8-3-9-15-25)16-18-30(19-17-28)20-21-33-26(23-10-4-1-5-11-23)24-12-6-2-7-13-24/h1-15,26H,16-22H2,(H,29,32). The van der Waals surface area contributed by atoms with Gasteiger partial charge in [-0.2, -0.15) is 0 Å². The van der Waals surface area contributed by atoms with Gasteiger partial charge in [0.05, 0.1) is 13.3 Å². The van der Waals surface area contributed by atoms with Gasteiger partial charge in [0, 0.05) is 25.3 Å². The summed E-state index contributed by atoms with van der Waals surface area (Å²) in [6, 6.07) is 31.1. The average molecular weight is 442 g/mol. The average Bonchev–Trinajstić information content (AvgIpc) is 3.20. The number of amides is 1. The lowest BCUT2D eigenvalue weighted by molar-refractivity contribution is -0.125. The molecule has 0 aliphatic carbocycles. The summed E-state index contributed by atoms with van der Waals surface area (Å²) in [5.74, 6) is 0.162. The van der Waals surface area contributed by atoms with Crippen LogP contribution in [0.5, 0.6) is 0 Å². The predicted molar refractivity (Wildman–Crippen MR) is 131 cm³/mol. The summed E-state index contributed by atoms with van der Waals surface area (Å²) < 4.78 is 6.41. The van der Waals surface area contributed by atoms with Gasteiger partial charge in [0.1, 0.15) is 11.6 Å². The first-order valence-electron chi connectivity index (χ1n) is 11.8. The van der Waals surface area contributed by atoms with Crippen molar-refractivity contribution in [2.45, 2.75) is 24.5 Å². The van der Waals surface area contributed by atoms with E-state index < -0.39 is 5.54 Å². The van der Waals surface area contributed by atoms with Gasteiger partial charge in [0.25, 0.3) is 0 Å². The second-order valence-electron chi connectivity index (χ2n) is 8.87. The third kappa shape index (κ3) is 4.52. The van der Waals surface area contributed by atoms with Crippen molar-refractivity contribution in [1.29, 1.82) is 0 Å². The summed E-state index contributed by atoms with van der Waals surface area (Å²) in [5.41, 5.74) is 3.01. The van der Waals surface area contributed by atoms with Crippen LogP contribution in [0.3, 0.4) is 0 Å². The molecule has 0 radical (unpaired) electrons. The molecule has 33 heavy (non-hydrogen) atoms. The van der Waals surface area contributed by atoms with Gasteiger partial charge in [-0.25, -0.2) is 0 Å². The van der Waals surface area contributed by atoms with Crippen molar-refractivity contribution >= 4 is 11.6 Å². The fourth-order valence-electron chi connectivity index (χ4n) is 5.12. The minimum absolute atomic E-state index is 0.0716. The number of likely N-dealkylation sites (tertiary alicyclic amines) is 1. The summed E-state index contributed by atoms with van der Waals surface area (Å²) >= 11 is 0. The number of rotatable bonds is 7. The van der Waals surface area contributed by atoms with Crippen LogP contribution < -0.4 is 10.2 Å². The van der Waals surface area contributed by atoms with E-state index >= 15 is 0 Å². The Labute approximate surface area is 196 Å². The van der Waals surface area contributed by atoms with Crippen LogP contribution in [0.1, 0.15) is 30.1 Å². The molecule has 1 N–H and O–H groups in total. The first kappa shape index (κ1) is 21.7. The Morgan fingerprint density at radius 3 is 1.94 bits per heavy atom. The zero-order chi connectivity index (χ0) is 22.5. The number of anilines is 1.